The smallest absolute Gasteiger partial charge is 0.252 e. The Morgan fingerprint density at radius 2 is 2.15 bits per heavy atom. The second-order valence-electron chi connectivity index (χ2n) is 7.13. The molecule has 3 heterocycles. The number of hydrogen-bond acceptors (Lipinski definition) is 5. The number of anilines is 1. The monoisotopic (exact) mass is 384 g/mol. The van der Waals surface area contributed by atoms with Gasteiger partial charge in [-0.15, -0.1) is 11.3 Å². The van der Waals surface area contributed by atoms with Gasteiger partial charge < -0.3 is 11.1 Å². The fourth-order valence-corrected chi connectivity index (χ4v) is 4.62. The SMILES string of the molecule is CCC(C)=C(C)c1cc(CN2CCc3c(C(=O)NC)csc3C2)cnc1N. The number of carbonyl (C=O) groups is 1. The van der Waals surface area contributed by atoms with E-state index < -0.39 is 0 Å². The molecular formula is C21H28N4OS. The first-order valence-corrected chi connectivity index (χ1v) is 10.3. The van der Waals surface area contributed by atoms with Crippen molar-refractivity contribution < 1.29 is 4.79 Å². The average Bonchev–Trinajstić information content (AvgIpc) is 3.10. The van der Waals surface area contributed by atoms with Gasteiger partial charge in [0.15, 0.2) is 0 Å². The zero-order valence-corrected chi connectivity index (χ0v) is 17.4. The van der Waals surface area contributed by atoms with Gasteiger partial charge in [0, 0.05) is 48.7 Å². The maximum absolute atomic E-state index is 12.0. The maximum Gasteiger partial charge on any atom is 0.252 e. The van der Waals surface area contributed by atoms with Crippen LogP contribution in [0.4, 0.5) is 5.82 Å². The Kier molecular flexibility index (Phi) is 5.97. The minimum absolute atomic E-state index is 0.0156. The van der Waals surface area contributed by atoms with Gasteiger partial charge in [-0.05, 0) is 49.5 Å². The Balaban J connectivity index is 1.78. The van der Waals surface area contributed by atoms with E-state index in [1.807, 2.05) is 11.6 Å². The van der Waals surface area contributed by atoms with Crippen molar-refractivity contribution in [2.24, 2.45) is 0 Å². The summed E-state index contributed by atoms with van der Waals surface area (Å²) in [6.45, 7) is 9.08. The molecule has 0 atom stereocenters. The molecule has 3 rings (SSSR count). The number of aromatic nitrogens is 1. The number of carbonyl (C=O) groups excluding carboxylic acids is 1. The normalized spacial score (nSPS) is 15.3. The van der Waals surface area contributed by atoms with Crippen LogP contribution in [0.15, 0.2) is 23.2 Å². The van der Waals surface area contributed by atoms with Crippen molar-refractivity contribution in [3.05, 3.63) is 50.3 Å². The van der Waals surface area contributed by atoms with E-state index in [-0.39, 0.29) is 5.91 Å². The van der Waals surface area contributed by atoms with Gasteiger partial charge in [0.1, 0.15) is 5.82 Å². The lowest BCUT2D eigenvalue weighted by molar-refractivity contribution is 0.0961. The molecule has 2 aromatic rings. The van der Waals surface area contributed by atoms with Crippen molar-refractivity contribution in [3.8, 4) is 0 Å². The molecule has 0 saturated heterocycles. The molecule has 3 N–H and O–H groups in total. The number of amides is 1. The summed E-state index contributed by atoms with van der Waals surface area (Å²) < 4.78 is 0. The standard InChI is InChI=1S/C21H28N4OS/c1-5-13(2)14(3)17-8-15(9-24-20(17)22)10-25-7-6-16-18(21(26)23-4)12-27-19(16)11-25/h8-9,12H,5-7,10-11H2,1-4H3,(H2,22,24)(H,23,26). The lowest BCUT2D eigenvalue weighted by Gasteiger charge is -2.27. The van der Waals surface area contributed by atoms with Crippen LogP contribution in [0.3, 0.4) is 0 Å². The molecule has 6 heteroatoms. The summed E-state index contributed by atoms with van der Waals surface area (Å²) in [6, 6.07) is 2.18. The largest absolute Gasteiger partial charge is 0.383 e. The Morgan fingerprint density at radius 3 is 2.85 bits per heavy atom. The van der Waals surface area contributed by atoms with Gasteiger partial charge in [0.25, 0.3) is 5.91 Å². The summed E-state index contributed by atoms with van der Waals surface area (Å²) in [5, 5.41) is 4.72. The van der Waals surface area contributed by atoms with Crippen LogP contribution in [0.2, 0.25) is 0 Å². The van der Waals surface area contributed by atoms with Crippen molar-refractivity contribution in [1.82, 2.24) is 15.2 Å². The minimum Gasteiger partial charge on any atom is -0.383 e. The molecule has 27 heavy (non-hydrogen) atoms. The molecular weight excluding hydrogens is 356 g/mol. The number of nitrogens with zero attached hydrogens (tertiary/aromatic N) is 2. The molecule has 5 nitrogen and oxygen atoms in total. The molecule has 0 unspecified atom stereocenters. The Bertz CT molecular complexity index is 884. The number of hydrogen-bond donors (Lipinski definition) is 2. The lowest BCUT2D eigenvalue weighted by atomic mass is 9.99. The van der Waals surface area contributed by atoms with E-state index in [0.717, 1.165) is 43.6 Å². The van der Waals surface area contributed by atoms with Crippen molar-refractivity contribution in [2.45, 2.75) is 46.7 Å². The predicted octanol–water partition coefficient (Wildman–Crippen LogP) is 3.85. The molecule has 144 valence electrons. The second-order valence-corrected chi connectivity index (χ2v) is 8.09. The number of nitrogen functional groups attached to an aromatic ring is 1. The number of pyridine rings is 1. The van der Waals surface area contributed by atoms with E-state index in [1.54, 1.807) is 18.4 Å². The number of rotatable bonds is 5. The highest BCUT2D eigenvalue weighted by molar-refractivity contribution is 7.10. The number of nitrogens with one attached hydrogen (secondary N) is 1. The Morgan fingerprint density at radius 1 is 1.37 bits per heavy atom. The fraction of sp³-hybridized carbons (Fsp3) is 0.429. The van der Waals surface area contributed by atoms with Crippen molar-refractivity contribution in [3.63, 3.8) is 0 Å². The summed E-state index contributed by atoms with van der Waals surface area (Å²) in [4.78, 5) is 20.1. The molecule has 0 aliphatic carbocycles. The van der Waals surface area contributed by atoms with Crippen LogP contribution >= 0.6 is 11.3 Å². The maximum atomic E-state index is 12.0. The van der Waals surface area contributed by atoms with Crippen molar-refractivity contribution in [1.29, 1.82) is 0 Å². The zero-order valence-electron chi connectivity index (χ0n) is 16.6. The predicted molar refractivity (Wildman–Crippen MR) is 113 cm³/mol. The van der Waals surface area contributed by atoms with Crippen LogP contribution in [-0.4, -0.2) is 29.4 Å². The highest BCUT2D eigenvalue weighted by Crippen LogP contribution is 2.30. The molecule has 0 fully saturated rings. The third-order valence-corrected chi connectivity index (χ3v) is 6.47. The van der Waals surface area contributed by atoms with Gasteiger partial charge in [-0.1, -0.05) is 12.5 Å². The topological polar surface area (TPSA) is 71.2 Å². The second kappa shape index (κ2) is 8.23. The van der Waals surface area contributed by atoms with E-state index in [1.165, 1.54) is 27.2 Å². The molecule has 1 aliphatic rings. The van der Waals surface area contributed by atoms with Crippen LogP contribution in [0, 0.1) is 0 Å². The summed E-state index contributed by atoms with van der Waals surface area (Å²) in [5.41, 5.74) is 13.0. The first kappa shape index (κ1) is 19.6. The van der Waals surface area contributed by atoms with Crippen LogP contribution in [0.1, 0.15) is 59.1 Å². The average molecular weight is 385 g/mol. The number of thiophene rings is 1. The molecule has 0 spiro atoms. The summed E-state index contributed by atoms with van der Waals surface area (Å²) in [7, 11) is 1.68. The highest BCUT2D eigenvalue weighted by Gasteiger charge is 2.23. The van der Waals surface area contributed by atoms with Gasteiger partial charge in [-0.25, -0.2) is 4.98 Å². The first-order valence-electron chi connectivity index (χ1n) is 9.39. The van der Waals surface area contributed by atoms with Gasteiger partial charge in [-0.2, -0.15) is 0 Å². The molecule has 2 aromatic heterocycles. The van der Waals surface area contributed by atoms with Crippen molar-refractivity contribution >= 4 is 28.6 Å². The highest BCUT2D eigenvalue weighted by atomic mass is 32.1. The van der Waals surface area contributed by atoms with Crippen LogP contribution in [0.25, 0.3) is 5.57 Å². The van der Waals surface area contributed by atoms with E-state index in [2.05, 4.69) is 42.0 Å². The lowest BCUT2D eigenvalue weighted by Crippen LogP contribution is -2.30. The fourth-order valence-electron chi connectivity index (χ4n) is 3.50. The van der Waals surface area contributed by atoms with Gasteiger partial charge >= 0.3 is 0 Å². The molecule has 1 aliphatic heterocycles. The van der Waals surface area contributed by atoms with Gasteiger partial charge in [0.2, 0.25) is 0 Å². The summed E-state index contributed by atoms with van der Waals surface area (Å²) in [5.74, 6) is 0.611. The molecule has 0 radical (unpaired) electrons. The minimum atomic E-state index is 0.0156. The third-order valence-electron chi connectivity index (χ3n) is 5.45. The Labute approximate surface area is 165 Å². The van der Waals surface area contributed by atoms with Crippen LogP contribution < -0.4 is 11.1 Å². The zero-order chi connectivity index (χ0) is 19.6. The van der Waals surface area contributed by atoms with E-state index in [4.69, 9.17) is 5.73 Å². The van der Waals surface area contributed by atoms with E-state index >= 15 is 0 Å². The first-order chi connectivity index (χ1) is 12.9. The number of nitrogens with two attached hydrogens (primary N) is 1. The number of allylic oxidation sites excluding steroid dienone is 2. The molecule has 0 aromatic carbocycles. The molecule has 0 saturated carbocycles. The third kappa shape index (κ3) is 4.06. The van der Waals surface area contributed by atoms with E-state index in [9.17, 15) is 4.79 Å². The summed E-state index contributed by atoms with van der Waals surface area (Å²) >= 11 is 1.68. The quantitative estimate of drug-likeness (QED) is 0.821. The summed E-state index contributed by atoms with van der Waals surface area (Å²) in [6.07, 6.45) is 3.80. The molecule has 1 amide bonds. The van der Waals surface area contributed by atoms with Crippen LogP contribution in [-0.2, 0) is 19.5 Å². The van der Waals surface area contributed by atoms with Crippen molar-refractivity contribution in [2.75, 3.05) is 19.3 Å². The van der Waals surface area contributed by atoms with Gasteiger partial charge in [-0.3, -0.25) is 9.69 Å². The van der Waals surface area contributed by atoms with Gasteiger partial charge in [0.05, 0.1) is 5.56 Å². The number of fused-ring (bicyclic) bond motifs is 1. The van der Waals surface area contributed by atoms with E-state index in [0.29, 0.717) is 5.82 Å². The Hall–Kier alpha value is -2.18. The molecule has 0 bridgehead atoms. The van der Waals surface area contributed by atoms with Crippen LogP contribution in [0.5, 0.6) is 0 Å².